The molecule has 2 fully saturated rings. The van der Waals surface area contributed by atoms with Gasteiger partial charge in [-0.05, 0) is 67.5 Å². The summed E-state index contributed by atoms with van der Waals surface area (Å²) in [7, 11) is -2.29. The number of sulfonamides is 1. The lowest BCUT2D eigenvalue weighted by Crippen LogP contribution is -2.34. The number of aliphatic hydroxyl groups is 2. The van der Waals surface area contributed by atoms with Crippen molar-refractivity contribution in [1.29, 1.82) is 0 Å². The molecule has 1 aliphatic carbocycles. The summed E-state index contributed by atoms with van der Waals surface area (Å²) in [5.74, 6) is 0.367. The first kappa shape index (κ1) is 30.2. The van der Waals surface area contributed by atoms with Gasteiger partial charge in [0.05, 0.1) is 30.8 Å². The monoisotopic (exact) mass is 598 g/mol. The van der Waals surface area contributed by atoms with Gasteiger partial charge in [-0.1, -0.05) is 24.3 Å². The number of nitrogens with one attached hydrogen (secondary N) is 1. The highest BCUT2D eigenvalue weighted by molar-refractivity contribution is 7.89. The number of rotatable bonds is 12. The molecule has 2 aliphatic rings. The van der Waals surface area contributed by atoms with Crippen molar-refractivity contribution in [3.05, 3.63) is 76.5 Å². The van der Waals surface area contributed by atoms with Gasteiger partial charge < -0.3 is 24.7 Å². The molecule has 11 nitrogen and oxygen atoms in total. The molecule has 3 aromatic rings. The molecular weight excluding hydrogens is 560 g/mol. The van der Waals surface area contributed by atoms with Crippen molar-refractivity contribution in [2.45, 2.75) is 69.3 Å². The zero-order valence-electron chi connectivity index (χ0n) is 24.1. The topological polar surface area (TPSA) is 145 Å². The van der Waals surface area contributed by atoms with Crippen molar-refractivity contribution in [3.8, 4) is 5.75 Å². The third kappa shape index (κ3) is 6.84. The number of nitrogens with zero attached hydrogens (tertiary/aromatic N) is 3. The zero-order valence-corrected chi connectivity index (χ0v) is 24.9. The maximum atomic E-state index is 13.7. The molecule has 1 aromatic heterocycles. The number of aliphatic hydroxyl groups excluding tert-OH is 2. The highest BCUT2D eigenvalue weighted by Gasteiger charge is 2.40. The number of aryl methyl sites for hydroxylation is 2. The maximum absolute atomic E-state index is 13.7. The lowest BCUT2D eigenvalue weighted by atomic mass is 10.1. The fourth-order valence-electron chi connectivity index (χ4n) is 5.40. The van der Waals surface area contributed by atoms with Gasteiger partial charge in [0.25, 0.3) is 5.91 Å². The van der Waals surface area contributed by atoms with Crippen LogP contribution in [-0.2, 0) is 29.5 Å². The summed E-state index contributed by atoms with van der Waals surface area (Å²) in [5, 5.41) is 22.3. The normalized spacial score (nSPS) is 19.4. The van der Waals surface area contributed by atoms with Gasteiger partial charge in [0.15, 0.2) is 5.69 Å². The minimum Gasteiger partial charge on any atom is -0.497 e. The van der Waals surface area contributed by atoms with Crippen LogP contribution in [0.3, 0.4) is 0 Å². The van der Waals surface area contributed by atoms with E-state index in [2.05, 4.69) is 10.3 Å². The lowest BCUT2D eigenvalue weighted by molar-refractivity contribution is 0.0572. The van der Waals surface area contributed by atoms with Crippen molar-refractivity contribution < 1.29 is 32.6 Å². The van der Waals surface area contributed by atoms with Crippen LogP contribution in [0.5, 0.6) is 5.75 Å². The van der Waals surface area contributed by atoms with Gasteiger partial charge in [-0.25, -0.2) is 13.4 Å². The predicted octanol–water partition coefficient (Wildman–Crippen LogP) is 2.16. The number of hydrogen-bond acceptors (Lipinski definition) is 9. The summed E-state index contributed by atoms with van der Waals surface area (Å²) in [6.07, 6.45) is 1.98. The highest BCUT2D eigenvalue weighted by atomic mass is 32.2. The predicted molar refractivity (Wildman–Crippen MR) is 154 cm³/mol. The zero-order chi connectivity index (χ0) is 30.0. The van der Waals surface area contributed by atoms with Gasteiger partial charge in [-0.2, -0.15) is 4.31 Å². The SMILES string of the molecule is COc1cc(C)c(S(=O)(=O)N(Cc2nc(C(=O)NCCc3ccc(CN4CC(O)C(O)C4)cc3)co2)C2CC2)c(C)c1. The quantitative estimate of drug-likeness (QED) is 0.286. The van der Waals surface area contributed by atoms with Gasteiger partial charge >= 0.3 is 0 Å². The van der Waals surface area contributed by atoms with Crippen molar-refractivity contribution in [3.63, 3.8) is 0 Å². The Bertz CT molecular complexity index is 1490. The van der Waals surface area contributed by atoms with Crippen LogP contribution in [0, 0.1) is 13.8 Å². The van der Waals surface area contributed by atoms with Gasteiger partial charge in [0.2, 0.25) is 15.9 Å². The summed E-state index contributed by atoms with van der Waals surface area (Å²) in [6, 6.07) is 11.3. The van der Waals surface area contributed by atoms with E-state index in [9.17, 15) is 23.4 Å². The smallest absolute Gasteiger partial charge is 0.273 e. The number of likely N-dealkylation sites (tertiary alicyclic amines) is 1. The molecule has 42 heavy (non-hydrogen) atoms. The molecule has 12 heteroatoms. The Morgan fingerprint density at radius 2 is 1.71 bits per heavy atom. The first-order valence-corrected chi connectivity index (χ1v) is 15.5. The van der Waals surface area contributed by atoms with E-state index >= 15 is 0 Å². The molecule has 0 bridgehead atoms. The second kappa shape index (κ2) is 12.5. The number of carbonyl (C=O) groups is 1. The van der Waals surface area contributed by atoms with Crippen molar-refractivity contribution >= 4 is 15.9 Å². The van der Waals surface area contributed by atoms with E-state index in [4.69, 9.17) is 9.15 Å². The number of methoxy groups -OCH3 is 1. The van der Waals surface area contributed by atoms with E-state index in [0.717, 1.165) is 24.0 Å². The van der Waals surface area contributed by atoms with Gasteiger partial charge in [-0.15, -0.1) is 0 Å². The third-order valence-electron chi connectivity index (χ3n) is 7.73. The third-order valence-corrected chi connectivity index (χ3v) is 9.93. The first-order valence-electron chi connectivity index (χ1n) is 14.1. The van der Waals surface area contributed by atoms with Gasteiger partial charge in [0.1, 0.15) is 12.0 Å². The maximum Gasteiger partial charge on any atom is 0.273 e. The van der Waals surface area contributed by atoms with E-state index in [1.54, 1.807) is 33.1 Å². The van der Waals surface area contributed by atoms with Crippen molar-refractivity contribution in [2.24, 2.45) is 0 Å². The number of ether oxygens (including phenoxy) is 1. The Balaban J connectivity index is 1.16. The molecule has 2 heterocycles. The summed E-state index contributed by atoms with van der Waals surface area (Å²) < 4.78 is 39.7. The Morgan fingerprint density at radius 1 is 1.10 bits per heavy atom. The first-order chi connectivity index (χ1) is 20.0. The molecule has 2 aromatic carbocycles. The summed E-state index contributed by atoms with van der Waals surface area (Å²) >= 11 is 0. The molecular formula is C30H38N4O7S. The molecule has 226 valence electrons. The van der Waals surface area contributed by atoms with Crippen LogP contribution in [0.15, 0.2) is 52.0 Å². The molecule has 3 N–H and O–H groups in total. The van der Waals surface area contributed by atoms with Crippen LogP contribution < -0.4 is 10.1 Å². The van der Waals surface area contributed by atoms with E-state index < -0.39 is 28.1 Å². The Morgan fingerprint density at radius 3 is 2.31 bits per heavy atom. The number of benzene rings is 2. The van der Waals surface area contributed by atoms with Crippen LogP contribution in [-0.4, -0.2) is 83.7 Å². The molecule has 5 rings (SSSR count). The average molecular weight is 599 g/mol. The van der Waals surface area contributed by atoms with E-state index in [1.165, 1.54) is 10.6 Å². The minimum atomic E-state index is -3.84. The number of amides is 1. The second-order valence-corrected chi connectivity index (χ2v) is 13.0. The average Bonchev–Trinajstić information content (AvgIpc) is 3.58. The Labute approximate surface area is 246 Å². The summed E-state index contributed by atoms with van der Waals surface area (Å²) in [6.45, 7) is 5.39. The standard InChI is InChI=1S/C30H38N4O7S/c1-19-12-24(40-3)13-20(2)29(19)42(38,39)34(23-8-9-23)17-28-32-25(18-41-28)30(37)31-11-10-21-4-6-22(7-5-21)14-33-15-26(35)27(36)16-33/h4-7,12-13,18,23,26-27,35-36H,8-11,14-17H2,1-3H3,(H,31,37). The largest absolute Gasteiger partial charge is 0.497 e. The van der Waals surface area contributed by atoms with Crippen LogP contribution in [0.25, 0.3) is 0 Å². The van der Waals surface area contributed by atoms with Crippen molar-refractivity contribution in [1.82, 2.24) is 19.5 Å². The second-order valence-electron chi connectivity index (χ2n) is 11.1. The fraction of sp³-hybridized carbons (Fsp3) is 0.467. The molecule has 0 radical (unpaired) electrons. The molecule has 1 aliphatic heterocycles. The Kier molecular flexibility index (Phi) is 9.00. The summed E-state index contributed by atoms with van der Waals surface area (Å²) in [5.41, 5.74) is 3.44. The number of oxazole rings is 1. The van der Waals surface area contributed by atoms with E-state index in [1.807, 2.05) is 29.2 Å². The van der Waals surface area contributed by atoms with Crippen LogP contribution >= 0.6 is 0 Å². The fourth-order valence-corrected chi connectivity index (χ4v) is 7.45. The van der Waals surface area contributed by atoms with Gasteiger partial charge in [0, 0.05) is 32.2 Å². The number of β-amino-alcohol motifs (C(OH)–C–C–N with tert-alkyl or cyclic N) is 2. The minimum absolute atomic E-state index is 0.0626. The van der Waals surface area contributed by atoms with Crippen LogP contribution in [0.4, 0.5) is 0 Å². The summed E-state index contributed by atoms with van der Waals surface area (Å²) in [4.78, 5) is 19.3. The molecule has 1 saturated heterocycles. The molecule has 2 unspecified atom stereocenters. The molecule has 0 spiro atoms. The number of hydrogen-bond donors (Lipinski definition) is 3. The van der Waals surface area contributed by atoms with E-state index in [0.29, 0.717) is 49.5 Å². The number of aromatic nitrogens is 1. The van der Waals surface area contributed by atoms with Crippen molar-refractivity contribution in [2.75, 3.05) is 26.7 Å². The molecule has 1 saturated carbocycles. The highest BCUT2D eigenvalue weighted by Crippen LogP contribution is 2.36. The number of carbonyl (C=O) groups excluding carboxylic acids is 1. The Hall–Kier alpha value is -3.29. The van der Waals surface area contributed by atoms with Crippen LogP contribution in [0.1, 0.15) is 51.5 Å². The molecule has 2 atom stereocenters. The molecule has 1 amide bonds. The van der Waals surface area contributed by atoms with E-state index in [-0.39, 0.29) is 29.1 Å². The van der Waals surface area contributed by atoms with Crippen LogP contribution in [0.2, 0.25) is 0 Å². The van der Waals surface area contributed by atoms with Gasteiger partial charge in [-0.3, -0.25) is 9.69 Å². The lowest BCUT2D eigenvalue weighted by Gasteiger charge is -2.23.